The lowest BCUT2D eigenvalue weighted by molar-refractivity contribution is -0.131. The maximum absolute atomic E-state index is 12.4. The molecule has 1 aliphatic heterocycles. The van der Waals surface area contributed by atoms with Crippen LogP contribution in [0.3, 0.4) is 0 Å². The Morgan fingerprint density at radius 1 is 1.58 bits per heavy atom. The van der Waals surface area contributed by atoms with Gasteiger partial charge in [-0.25, -0.2) is 4.79 Å². The number of nitrogens with two attached hydrogens (primary N) is 1. The molecule has 1 unspecified atom stereocenters. The summed E-state index contributed by atoms with van der Waals surface area (Å²) in [5, 5.41) is 2.68. The van der Waals surface area contributed by atoms with E-state index in [4.69, 9.17) is 18.0 Å². The molecule has 19 heavy (non-hydrogen) atoms. The van der Waals surface area contributed by atoms with Gasteiger partial charge in [0.05, 0.1) is 4.99 Å². The zero-order valence-electron chi connectivity index (χ0n) is 10.4. The predicted octanol–water partition coefficient (Wildman–Crippen LogP) is 0.525. The fourth-order valence-electron chi connectivity index (χ4n) is 1.98. The van der Waals surface area contributed by atoms with Crippen molar-refractivity contribution in [3.63, 3.8) is 0 Å². The molecule has 1 atom stereocenters. The average Bonchev–Trinajstić information content (AvgIpc) is 2.60. The second kappa shape index (κ2) is 4.93. The average molecular weight is 278 g/mol. The van der Waals surface area contributed by atoms with Crippen molar-refractivity contribution < 1.29 is 9.59 Å². The predicted molar refractivity (Wildman–Crippen MR) is 73.2 cm³/mol. The van der Waals surface area contributed by atoms with Crippen LogP contribution in [0, 0.1) is 0 Å². The number of nitrogens with one attached hydrogen (secondary N) is 1. The SMILES string of the molecule is CC1(c2cccnc2)NC(=O)N(CCC(N)=S)C1=O. The van der Waals surface area contributed by atoms with Gasteiger partial charge in [-0.05, 0) is 13.0 Å². The summed E-state index contributed by atoms with van der Waals surface area (Å²) in [7, 11) is 0. The molecule has 7 heteroatoms. The minimum atomic E-state index is -1.08. The van der Waals surface area contributed by atoms with Crippen molar-refractivity contribution in [2.45, 2.75) is 18.9 Å². The van der Waals surface area contributed by atoms with Gasteiger partial charge in [-0.1, -0.05) is 18.3 Å². The van der Waals surface area contributed by atoms with E-state index < -0.39 is 11.6 Å². The molecule has 6 nitrogen and oxygen atoms in total. The van der Waals surface area contributed by atoms with Gasteiger partial charge in [0.1, 0.15) is 5.54 Å². The van der Waals surface area contributed by atoms with E-state index in [9.17, 15) is 9.59 Å². The van der Waals surface area contributed by atoms with Crippen LogP contribution in [0.1, 0.15) is 18.9 Å². The molecule has 3 amide bonds. The van der Waals surface area contributed by atoms with E-state index in [0.717, 1.165) is 4.90 Å². The Hall–Kier alpha value is -2.02. The van der Waals surface area contributed by atoms with Crippen molar-refractivity contribution in [3.8, 4) is 0 Å². The zero-order chi connectivity index (χ0) is 14.0. The van der Waals surface area contributed by atoms with Crippen LogP contribution in [0.2, 0.25) is 0 Å². The smallest absolute Gasteiger partial charge is 0.325 e. The van der Waals surface area contributed by atoms with Gasteiger partial charge in [0, 0.05) is 30.9 Å². The van der Waals surface area contributed by atoms with E-state index in [2.05, 4.69) is 10.3 Å². The molecule has 0 radical (unpaired) electrons. The van der Waals surface area contributed by atoms with Gasteiger partial charge in [0.15, 0.2) is 0 Å². The lowest BCUT2D eigenvalue weighted by Crippen LogP contribution is -2.41. The van der Waals surface area contributed by atoms with Crippen LogP contribution >= 0.6 is 12.2 Å². The van der Waals surface area contributed by atoms with E-state index in [1.807, 2.05) is 0 Å². The molecule has 3 N–H and O–H groups in total. The fraction of sp³-hybridized carbons (Fsp3) is 0.333. The third kappa shape index (κ3) is 2.41. The molecule has 0 bridgehead atoms. The highest BCUT2D eigenvalue weighted by Crippen LogP contribution is 2.28. The monoisotopic (exact) mass is 278 g/mol. The molecular weight excluding hydrogens is 264 g/mol. The Morgan fingerprint density at radius 3 is 2.89 bits per heavy atom. The Bertz CT molecular complexity index is 534. The van der Waals surface area contributed by atoms with Crippen molar-refractivity contribution in [1.29, 1.82) is 0 Å². The number of rotatable bonds is 4. The van der Waals surface area contributed by atoms with Crippen LogP contribution in [0.25, 0.3) is 0 Å². The molecule has 1 aliphatic rings. The second-order valence-electron chi connectivity index (χ2n) is 4.47. The lowest BCUT2D eigenvalue weighted by atomic mass is 9.93. The van der Waals surface area contributed by atoms with Crippen LogP contribution in [0.15, 0.2) is 24.5 Å². The van der Waals surface area contributed by atoms with Crippen LogP contribution in [-0.4, -0.2) is 33.4 Å². The van der Waals surface area contributed by atoms with E-state index in [1.54, 1.807) is 31.5 Å². The largest absolute Gasteiger partial charge is 0.393 e. The molecule has 0 aliphatic carbocycles. The maximum atomic E-state index is 12.4. The Balaban J connectivity index is 2.24. The van der Waals surface area contributed by atoms with Gasteiger partial charge in [-0.2, -0.15) is 0 Å². The minimum absolute atomic E-state index is 0.190. The molecule has 1 saturated heterocycles. The van der Waals surface area contributed by atoms with Crippen LogP contribution in [0.4, 0.5) is 4.79 Å². The first-order chi connectivity index (χ1) is 8.95. The number of aromatic nitrogens is 1. The maximum Gasteiger partial charge on any atom is 0.325 e. The first-order valence-corrected chi connectivity index (χ1v) is 6.19. The topological polar surface area (TPSA) is 88.3 Å². The molecule has 1 aromatic rings. The number of thiocarbonyl (C=S) groups is 1. The number of carbonyl (C=O) groups excluding carboxylic acids is 2. The number of imide groups is 1. The van der Waals surface area contributed by atoms with Gasteiger partial charge in [0.25, 0.3) is 5.91 Å². The van der Waals surface area contributed by atoms with E-state index >= 15 is 0 Å². The molecule has 0 aromatic carbocycles. The summed E-state index contributed by atoms with van der Waals surface area (Å²) in [6, 6.07) is 3.03. The van der Waals surface area contributed by atoms with Gasteiger partial charge >= 0.3 is 6.03 Å². The highest BCUT2D eigenvalue weighted by molar-refractivity contribution is 7.80. The number of pyridine rings is 1. The van der Waals surface area contributed by atoms with Crippen molar-refractivity contribution in [2.24, 2.45) is 5.73 Å². The highest BCUT2D eigenvalue weighted by atomic mass is 32.1. The standard InChI is InChI=1S/C12H14N4O2S/c1-12(8-3-2-5-14-7-8)10(17)16(11(18)15-12)6-4-9(13)19/h2-3,5,7H,4,6H2,1H3,(H2,13,19)(H,15,18). The molecular formula is C12H14N4O2S. The lowest BCUT2D eigenvalue weighted by Gasteiger charge is -2.21. The summed E-state index contributed by atoms with van der Waals surface area (Å²) in [5.74, 6) is -0.318. The van der Waals surface area contributed by atoms with E-state index in [0.29, 0.717) is 12.0 Å². The van der Waals surface area contributed by atoms with Crippen molar-refractivity contribution >= 4 is 29.1 Å². The number of hydrogen-bond donors (Lipinski definition) is 2. The molecule has 2 rings (SSSR count). The Labute approximate surface area is 116 Å². The van der Waals surface area contributed by atoms with Crippen LogP contribution in [-0.2, 0) is 10.3 Å². The van der Waals surface area contributed by atoms with Crippen LogP contribution in [0.5, 0.6) is 0 Å². The van der Waals surface area contributed by atoms with Crippen LogP contribution < -0.4 is 11.1 Å². The molecule has 2 heterocycles. The quantitative estimate of drug-likeness (QED) is 0.619. The normalized spacial score (nSPS) is 22.5. The second-order valence-corrected chi connectivity index (χ2v) is 4.99. The summed E-state index contributed by atoms with van der Waals surface area (Å²) in [5.41, 5.74) is 4.95. The van der Waals surface area contributed by atoms with Crippen molar-refractivity contribution in [3.05, 3.63) is 30.1 Å². The third-order valence-corrected chi connectivity index (χ3v) is 3.30. The molecule has 100 valence electrons. The third-order valence-electron chi connectivity index (χ3n) is 3.10. The first kappa shape index (κ1) is 13.4. The van der Waals surface area contributed by atoms with Gasteiger partial charge in [-0.3, -0.25) is 14.7 Å². The zero-order valence-corrected chi connectivity index (χ0v) is 11.2. The number of hydrogen-bond acceptors (Lipinski definition) is 4. The summed E-state index contributed by atoms with van der Waals surface area (Å²) >= 11 is 4.76. The van der Waals surface area contributed by atoms with Gasteiger partial charge < -0.3 is 11.1 Å². The summed E-state index contributed by atoms with van der Waals surface area (Å²) in [6.07, 6.45) is 3.49. The number of nitrogens with zero attached hydrogens (tertiary/aromatic N) is 2. The minimum Gasteiger partial charge on any atom is -0.393 e. The van der Waals surface area contributed by atoms with Gasteiger partial charge in [0.2, 0.25) is 0 Å². The fourth-order valence-corrected chi connectivity index (χ4v) is 2.07. The van der Waals surface area contributed by atoms with E-state index in [1.165, 1.54) is 0 Å². The molecule has 1 aromatic heterocycles. The van der Waals surface area contributed by atoms with Crippen molar-refractivity contribution in [1.82, 2.24) is 15.2 Å². The van der Waals surface area contributed by atoms with Gasteiger partial charge in [-0.15, -0.1) is 0 Å². The Morgan fingerprint density at radius 2 is 2.32 bits per heavy atom. The molecule has 0 spiro atoms. The summed E-state index contributed by atoms with van der Waals surface area (Å²) < 4.78 is 0. The summed E-state index contributed by atoms with van der Waals surface area (Å²) in [6.45, 7) is 1.85. The Kier molecular flexibility index (Phi) is 3.48. The van der Waals surface area contributed by atoms with E-state index in [-0.39, 0.29) is 17.4 Å². The summed E-state index contributed by atoms with van der Waals surface area (Å²) in [4.78, 5) is 29.6. The highest BCUT2D eigenvalue weighted by Gasteiger charge is 2.48. The van der Waals surface area contributed by atoms with Crippen molar-refractivity contribution in [2.75, 3.05) is 6.54 Å². The molecule has 1 fully saturated rings. The number of urea groups is 1. The first-order valence-electron chi connectivity index (χ1n) is 5.78. The number of amides is 3. The molecule has 0 saturated carbocycles. The number of carbonyl (C=O) groups is 2.